The van der Waals surface area contributed by atoms with Crippen molar-refractivity contribution in [2.24, 2.45) is 17.8 Å². The molecule has 1 N–H and O–H groups in total. The van der Waals surface area contributed by atoms with Crippen molar-refractivity contribution >= 4 is 5.97 Å². The number of carbonyl (C=O) groups is 1. The van der Waals surface area contributed by atoms with Crippen LogP contribution in [0.15, 0.2) is 12.7 Å². The fourth-order valence-electron chi connectivity index (χ4n) is 3.47. The van der Waals surface area contributed by atoms with Gasteiger partial charge in [-0.1, -0.05) is 6.58 Å². The van der Waals surface area contributed by atoms with Crippen LogP contribution in [-0.2, 0) is 9.53 Å². The molecular formula is C13H20O3. The molecule has 2 fully saturated rings. The Morgan fingerprint density at radius 3 is 2.50 bits per heavy atom. The Balaban J connectivity index is 2.03. The molecule has 0 radical (unpaired) electrons. The predicted molar refractivity (Wildman–Crippen MR) is 60.7 cm³/mol. The second-order valence-electron chi connectivity index (χ2n) is 5.63. The number of rotatable bonds is 3. The quantitative estimate of drug-likeness (QED) is 0.588. The minimum Gasteiger partial charge on any atom is -0.456 e. The van der Waals surface area contributed by atoms with Crippen molar-refractivity contribution in [1.29, 1.82) is 0 Å². The second kappa shape index (κ2) is 3.88. The van der Waals surface area contributed by atoms with Crippen LogP contribution in [0, 0.1) is 17.8 Å². The summed E-state index contributed by atoms with van der Waals surface area (Å²) in [5, 5.41) is 9.71. The number of ether oxygens (including phenoxy) is 1. The summed E-state index contributed by atoms with van der Waals surface area (Å²) >= 11 is 0. The second-order valence-corrected chi connectivity index (χ2v) is 5.63. The maximum atomic E-state index is 11.3. The molecule has 2 aliphatic carbocycles. The summed E-state index contributed by atoms with van der Waals surface area (Å²) in [6, 6.07) is 0. The van der Waals surface area contributed by atoms with Crippen LogP contribution >= 0.6 is 0 Å². The van der Waals surface area contributed by atoms with Gasteiger partial charge in [0.15, 0.2) is 0 Å². The summed E-state index contributed by atoms with van der Waals surface area (Å²) in [5.41, 5.74) is -0.440. The van der Waals surface area contributed by atoms with Gasteiger partial charge in [-0.3, -0.25) is 0 Å². The van der Waals surface area contributed by atoms with Gasteiger partial charge in [0.2, 0.25) is 0 Å². The lowest BCUT2D eigenvalue weighted by atomic mass is 9.77. The van der Waals surface area contributed by atoms with E-state index in [1.165, 1.54) is 6.08 Å². The van der Waals surface area contributed by atoms with Crippen LogP contribution in [0.25, 0.3) is 0 Å². The lowest BCUT2D eigenvalue weighted by Crippen LogP contribution is -2.40. The van der Waals surface area contributed by atoms with Crippen molar-refractivity contribution in [3.05, 3.63) is 12.7 Å². The van der Waals surface area contributed by atoms with E-state index in [-0.39, 0.29) is 12.1 Å². The van der Waals surface area contributed by atoms with Gasteiger partial charge in [-0.05, 0) is 44.9 Å². The van der Waals surface area contributed by atoms with Crippen molar-refractivity contribution in [2.75, 3.05) is 0 Å². The van der Waals surface area contributed by atoms with Crippen LogP contribution in [0.1, 0.15) is 33.1 Å². The number of hydrogen-bond donors (Lipinski definition) is 1. The van der Waals surface area contributed by atoms with E-state index >= 15 is 0 Å². The molecule has 0 aliphatic heterocycles. The maximum absolute atomic E-state index is 11.3. The molecular weight excluding hydrogens is 204 g/mol. The molecule has 2 bridgehead atoms. The fourth-order valence-corrected chi connectivity index (χ4v) is 3.47. The Bertz CT molecular complexity index is 306. The summed E-state index contributed by atoms with van der Waals surface area (Å²) in [5.74, 6) is 0.947. The number of carbonyl (C=O) groups excluding carboxylic acids is 1. The molecule has 0 saturated heterocycles. The van der Waals surface area contributed by atoms with Crippen LogP contribution in [-0.4, -0.2) is 22.8 Å². The van der Waals surface area contributed by atoms with Crippen LogP contribution in [0.3, 0.4) is 0 Å². The molecule has 0 amide bonds. The summed E-state index contributed by atoms with van der Waals surface area (Å²) in [7, 11) is 0. The minimum atomic E-state index is -0.440. The molecule has 3 heteroatoms. The summed E-state index contributed by atoms with van der Waals surface area (Å²) < 4.78 is 5.42. The third-order valence-electron chi connectivity index (χ3n) is 4.24. The van der Waals surface area contributed by atoms with Crippen molar-refractivity contribution < 1.29 is 14.6 Å². The lowest BCUT2D eigenvalue weighted by molar-refractivity contribution is -0.158. The molecule has 2 rings (SSSR count). The van der Waals surface area contributed by atoms with E-state index in [2.05, 4.69) is 6.58 Å². The third-order valence-corrected chi connectivity index (χ3v) is 4.24. The Morgan fingerprint density at radius 2 is 2.06 bits per heavy atom. The molecule has 90 valence electrons. The number of esters is 1. The molecule has 0 heterocycles. The van der Waals surface area contributed by atoms with E-state index < -0.39 is 5.60 Å². The van der Waals surface area contributed by atoms with Gasteiger partial charge in [0.25, 0.3) is 0 Å². The molecule has 4 atom stereocenters. The largest absolute Gasteiger partial charge is 0.456 e. The monoisotopic (exact) mass is 224 g/mol. The zero-order valence-electron chi connectivity index (χ0n) is 9.98. The number of aliphatic hydroxyl groups excluding tert-OH is 1. The lowest BCUT2D eigenvalue weighted by Gasteiger charge is -2.37. The number of aliphatic hydroxyl groups is 1. The zero-order chi connectivity index (χ0) is 11.9. The van der Waals surface area contributed by atoms with E-state index in [0.717, 1.165) is 19.3 Å². The number of fused-ring (bicyclic) bond motifs is 2. The molecule has 0 spiro atoms. The highest BCUT2D eigenvalue weighted by Gasteiger charge is 2.51. The fraction of sp³-hybridized carbons (Fsp3) is 0.769. The van der Waals surface area contributed by atoms with Crippen LogP contribution in [0.5, 0.6) is 0 Å². The molecule has 2 aliphatic rings. The minimum absolute atomic E-state index is 0.132. The van der Waals surface area contributed by atoms with Crippen molar-refractivity contribution in [3.63, 3.8) is 0 Å². The molecule has 0 aromatic rings. The van der Waals surface area contributed by atoms with Crippen LogP contribution in [0.4, 0.5) is 0 Å². The van der Waals surface area contributed by atoms with E-state index in [0.29, 0.717) is 17.8 Å². The highest BCUT2D eigenvalue weighted by atomic mass is 16.6. The van der Waals surface area contributed by atoms with Gasteiger partial charge in [-0.15, -0.1) is 0 Å². The Morgan fingerprint density at radius 1 is 1.38 bits per heavy atom. The Hall–Kier alpha value is -0.830. The standard InChI is InChI=1S/C13H20O3/c1-4-12(15)16-13(2,3)10-6-9-5-8(10)7-11(9)14/h4,8-11,14H,1,5-7H2,2-3H3. The average molecular weight is 224 g/mol. The van der Waals surface area contributed by atoms with Gasteiger partial charge in [0.05, 0.1) is 6.10 Å². The van der Waals surface area contributed by atoms with E-state index in [1.54, 1.807) is 0 Å². The van der Waals surface area contributed by atoms with E-state index in [1.807, 2.05) is 13.8 Å². The Labute approximate surface area is 96.5 Å². The van der Waals surface area contributed by atoms with Gasteiger partial charge in [0, 0.05) is 12.0 Å². The van der Waals surface area contributed by atoms with Crippen molar-refractivity contribution in [2.45, 2.75) is 44.8 Å². The van der Waals surface area contributed by atoms with Crippen LogP contribution < -0.4 is 0 Å². The summed E-state index contributed by atoms with van der Waals surface area (Å²) in [4.78, 5) is 11.3. The van der Waals surface area contributed by atoms with Gasteiger partial charge in [-0.2, -0.15) is 0 Å². The predicted octanol–water partition coefficient (Wildman–Crippen LogP) is 1.90. The first-order valence-electron chi connectivity index (χ1n) is 5.97. The topological polar surface area (TPSA) is 46.5 Å². The number of hydrogen-bond acceptors (Lipinski definition) is 3. The van der Waals surface area contributed by atoms with Crippen LogP contribution in [0.2, 0.25) is 0 Å². The normalized spacial score (nSPS) is 37.4. The molecule has 4 unspecified atom stereocenters. The first-order valence-corrected chi connectivity index (χ1v) is 5.97. The van der Waals surface area contributed by atoms with E-state index in [9.17, 15) is 9.90 Å². The maximum Gasteiger partial charge on any atom is 0.330 e. The molecule has 16 heavy (non-hydrogen) atoms. The molecule has 3 nitrogen and oxygen atoms in total. The summed E-state index contributed by atoms with van der Waals surface area (Å²) in [6.07, 6.45) is 4.01. The SMILES string of the molecule is C=CC(=O)OC(C)(C)C1CC2CC1CC2O. The molecule has 2 saturated carbocycles. The van der Waals surface area contributed by atoms with Crippen molar-refractivity contribution in [3.8, 4) is 0 Å². The van der Waals surface area contributed by atoms with E-state index in [4.69, 9.17) is 4.74 Å². The smallest absolute Gasteiger partial charge is 0.330 e. The highest BCUT2D eigenvalue weighted by molar-refractivity contribution is 5.81. The Kier molecular flexibility index (Phi) is 2.82. The first kappa shape index (κ1) is 11.6. The highest BCUT2D eigenvalue weighted by Crippen LogP contribution is 2.52. The molecule has 0 aromatic carbocycles. The van der Waals surface area contributed by atoms with Gasteiger partial charge in [-0.25, -0.2) is 4.79 Å². The zero-order valence-corrected chi connectivity index (χ0v) is 9.98. The average Bonchev–Trinajstić information content (AvgIpc) is 2.75. The van der Waals surface area contributed by atoms with Gasteiger partial charge >= 0.3 is 5.97 Å². The first-order chi connectivity index (χ1) is 7.44. The third kappa shape index (κ3) is 1.88. The molecule has 0 aromatic heterocycles. The van der Waals surface area contributed by atoms with Gasteiger partial charge < -0.3 is 9.84 Å². The summed E-state index contributed by atoms with van der Waals surface area (Å²) in [6.45, 7) is 7.35. The van der Waals surface area contributed by atoms with Crippen molar-refractivity contribution in [1.82, 2.24) is 0 Å². The van der Waals surface area contributed by atoms with Gasteiger partial charge in [0.1, 0.15) is 5.60 Å².